The highest BCUT2D eigenvalue weighted by molar-refractivity contribution is 5.90. The van der Waals surface area contributed by atoms with E-state index in [1.807, 2.05) is 69.0 Å². The fourth-order valence-corrected chi connectivity index (χ4v) is 21.0. The van der Waals surface area contributed by atoms with E-state index in [4.69, 9.17) is 15.0 Å². The molecule has 0 amide bonds. The van der Waals surface area contributed by atoms with E-state index < -0.39 is 0 Å². The Labute approximate surface area is 861 Å². The van der Waals surface area contributed by atoms with Crippen LogP contribution in [-0.2, 0) is 35.2 Å². The second-order valence-corrected chi connectivity index (χ2v) is 39.8. The Kier molecular flexibility index (Phi) is 35.5. The van der Waals surface area contributed by atoms with Gasteiger partial charge in [0.05, 0.1) is 11.4 Å². The van der Waals surface area contributed by atoms with E-state index in [1.165, 1.54) is 119 Å². The monoisotopic (exact) mass is 1930 g/mol. The summed E-state index contributed by atoms with van der Waals surface area (Å²) in [5, 5.41) is 0. The first-order valence-corrected chi connectivity index (χ1v) is 48.7. The van der Waals surface area contributed by atoms with Gasteiger partial charge in [0.15, 0.2) is 0 Å². The molecule has 144 heavy (non-hydrogen) atoms. The normalized spacial score (nSPS) is 16.7. The molecule has 20 rings (SSSR count). The molecule has 754 valence electrons. The maximum Gasteiger partial charge on any atom is 0.211 e. The third-order valence-electron chi connectivity index (χ3n) is 26.8. The van der Waals surface area contributed by atoms with Crippen molar-refractivity contribution in [1.29, 1.82) is 0 Å². The average molecular weight is 1930 g/mol. The van der Waals surface area contributed by atoms with Gasteiger partial charge in [0.1, 0.15) is 30.8 Å². The number of allylic oxidation sites excluding steroid dienone is 8. The van der Waals surface area contributed by atoms with Crippen molar-refractivity contribution in [1.82, 2.24) is 47.8 Å². The Bertz CT molecular complexity index is 6770. The lowest BCUT2D eigenvalue weighted by Crippen LogP contribution is -2.50. The van der Waals surface area contributed by atoms with E-state index >= 15 is 0 Å². The van der Waals surface area contributed by atoms with Crippen LogP contribution in [-0.4, -0.2) is 60.1 Å². The molecule has 0 N–H and O–H groups in total. The summed E-state index contributed by atoms with van der Waals surface area (Å²) in [4.78, 5) is 47.7. The van der Waals surface area contributed by atoms with Gasteiger partial charge in [0, 0.05) is 188 Å². The molecule has 0 bridgehead atoms. The number of aromatic nitrogens is 10. The number of aryl methyl sites for hydroxylation is 7. The maximum atomic E-state index is 4.73. The molecular weight excluding hydrogens is 1770 g/mol. The van der Waals surface area contributed by atoms with Gasteiger partial charge in [-0.05, 0) is 160 Å². The van der Waals surface area contributed by atoms with E-state index in [9.17, 15) is 0 Å². The van der Waals surface area contributed by atoms with Crippen molar-refractivity contribution < 1.29 is 0 Å². The molecule has 0 fully saturated rings. The number of hydrogen-bond acceptors (Lipinski definition) is 15. The van der Waals surface area contributed by atoms with E-state index in [0.717, 1.165) is 35.4 Å². The second kappa shape index (κ2) is 46.8. The van der Waals surface area contributed by atoms with Crippen molar-refractivity contribution in [3.63, 3.8) is 0 Å². The number of benzene rings is 10. The molecule has 5 atom stereocenters. The first-order valence-electron chi connectivity index (χ1n) is 48.7. The fraction of sp³-hybridized carbons (Fsp3) is 0.315. The van der Waals surface area contributed by atoms with Crippen molar-refractivity contribution in [3.8, 4) is 0 Å². The Morgan fingerprint density at radius 3 is 0.757 bits per heavy atom. The molecule has 0 aliphatic carbocycles. The van der Waals surface area contributed by atoms with Crippen LogP contribution in [0.25, 0.3) is 11.4 Å². The van der Waals surface area contributed by atoms with Crippen LogP contribution in [0.5, 0.6) is 0 Å². The fourth-order valence-electron chi connectivity index (χ4n) is 21.0. The van der Waals surface area contributed by atoms with Crippen LogP contribution in [0.4, 0.5) is 58.2 Å². The summed E-state index contributed by atoms with van der Waals surface area (Å²) < 4.78 is 10.5. The molecule has 5 aliphatic rings. The minimum Gasteiger partial charge on any atom is -0.321 e. The predicted octanol–water partition coefficient (Wildman–Crippen LogP) is 30.8. The van der Waals surface area contributed by atoms with Gasteiger partial charge in [-0.2, -0.15) is 0 Å². The summed E-state index contributed by atoms with van der Waals surface area (Å²) in [5.41, 5.74) is 27.5. The molecule has 10 aromatic carbocycles. The summed E-state index contributed by atoms with van der Waals surface area (Å²) >= 11 is 0. The van der Waals surface area contributed by atoms with E-state index in [-0.39, 0.29) is 78.8 Å². The molecular formula is C124H158N20. The van der Waals surface area contributed by atoms with Gasteiger partial charge in [-0.1, -0.05) is 351 Å². The largest absolute Gasteiger partial charge is 0.321 e. The zero-order chi connectivity index (χ0) is 98.4. The van der Waals surface area contributed by atoms with Gasteiger partial charge in [0.25, 0.3) is 0 Å². The van der Waals surface area contributed by atoms with Crippen LogP contribution in [0.15, 0.2) is 399 Å². The quantitative estimate of drug-likeness (QED) is 0.0809. The molecule has 0 saturated heterocycles. The lowest BCUT2D eigenvalue weighted by atomic mass is 9.90. The van der Waals surface area contributed by atoms with Gasteiger partial charge in [-0.25, -0.2) is 24.9 Å². The zero-order valence-electron chi connectivity index (χ0n) is 85.5. The third kappa shape index (κ3) is 21.7. The van der Waals surface area contributed by atoms with Crippen LogP contribution < -0.4 is 49.0 Å². The zero-order valence-corrected chi connectivity index (χ0v) is 85.5. The van der Waals surface area contributed by atoms with Crippen molar-refractivity contribution >= 4 is 69.6 Å². The minimum absolute atomic E-state index is 0. The molecule has 10 heterocycles. The van der Waals surface area contributed by atoms with Crippen LogP contribution in [0.1, 0.15) is 212 Å². The Balaban J connectivity index is 0.000000170. The maximum absolute atomic E-state index is 4.73. The lowest BCUT2D eigenvalue weighted by molar-refractivity contribution is 0.317. The number of imidazole rings is 5. The van der Waals surface area contributed by atoms with Gasteiger partial charge >= 0.3 is 0 Å². The number of rotatable bonds is 18. The minimum atomic E-state index is -0.0371. The van der Waals surface area contributed by atoms with Crippen LogP contribution in [0.2, 0.25) is 0 Å². The number of para-hydroxylation sites is 5. The summed E-state index contributed by atoms with van der Waals surface area (Å²) in [6.07, 6.45) is 19.7. The molecule has 5 aromatic heterocycles. The highest BCUT2D eigenvalue weighted by Gasteiger charge is 2.50. The highest BCUT2D eigenvalue weighted by atomic mass is 15.5. The van der Waals surface area contributed by atoms with Crippen molar-refractivity contribution in [2.75, 3.05) is 49.0 Å². The van der Waals surface area contributed by atoms with Gasteiger partial charge in [0.2, 0.25) is 29.7 Å². The van der Waals surface area contributed by atoms with Crippen molar-refractivity contribution in [3.05, 3.63) is 438 Å². The first-order chi connectivity index (χ1) is 66.9. The standard InChI is InChI=1S/C26H24N4.C25H30N4.C24H28N4.C23H26N4.C21H30N4.5CH4/c1-20-24(21-12-6-3-7-13-21)30(23-16-10-5-11-17-23)25(22-14-8-4-9-15-22)29(20)26-27-18-19-28(26)2;1-17(2)23-20(5)28(25-26-15-16-27(25)6)24(22-18(3)11-10-12-19(22)4)29(23)21-13-8-7-9-14-21;1-18-21(19-12-8-6-9-13-19)28(20-14-10-7-11-15-20)22(24(2,3)4)27(18)23-25-16-17-26(23)5;1-17(2)21-18(3)26(23-24-15-16-25(23)4)22(19-11-7-5-8-12-19)27(21)20-13-9-6-10-14-20;1-15(2)18-16(3)24(20-22-13-14-23(20)7)19(21(4,5)6)25(18)17-11-9-8-10-12-17;;;;;/h3-19,25H,1-2H3;7-17,24H,1-6H3;6-17,22H,1-5H3;5-17,22H,1-4H3;8-15,19H,1-7H3;5*1H4. The predicted molar refractivity (Wildman–Crippen MR) is 611 cm³/mol. The number of anilines is 10. The SMILES string of the molecule is C.C.C.C.C.CC1=C(C(C)C)N(c2ccccc2)C(C(C)(C)C)N1c1nccn1C.CC1=C(C(C)C)N(c2ccccc2)C(c2c(C)cccc2C)N1c1nccn1C.CC1=C(C(C)C)N(c2ccccc2)C(c2ccccc2)N1c1nccn1C.CC1=C(c2ccccc2)N(c2ccccc2)C(C(C)(C)C)N1c1nccn1C.CC1=C(c2ccccc2)N(c2ccccc2)C(c2ccccc2)N1c1nccn1C. The van der Waals surface area contributed by atoms with E-state index in [0.29, 0.717) is 17.8 Å². The van der Waals surface area contributed by atoms with Crippen LogP contribution in [0, 0.1) is 42.4 Å². The summed E-state index contributed by atoms with van der Waals surface area (Å²) in [7, 11) is 10.3. The van der Waals surface area contributed by atoms with Gasteiger partial charge in [-0.3, -0.25) is 24.5 Å². The van der Waals surface area contributed by atoms with Crippen LogP contribution in [0.3, 0.4) is 0 Å². The van der Waals surface area contributed by atoms with Gasteiger partial charge in [-0.15, -0.1) is 0 Å². The molecule has 20 heteroatoms. The Morgan fingerprint density at radius 1 is 0.229 bits per heavy atom. The van der Waals surface area contributed by atoms with E-state index in [1.54, 1.807) is 0 Å². The highest BCUT2D eigenvalue weighted by Crippen LogP contribution is 2.54. The van der Waals surface area contributed by atoms with Crippen molar-refractivity contribution in [2.45, 2.75) is 200 Å². The molecule has 15 aromatic rings. The molecule has 5 unspecified atom stereocenters. The smallest absolute Gasteiger partial charge is 0.211 e. The lowest BCUT2D eigenvalue weighted by Gasteiger charge is -2.42. The molecule has 20 nitrogen and oxygen atoms in total. The summed E-state index contributed by atoms with van der Waals surface area (Å²) in [5.74, 6) is 6.00. The number of nitrogens with zero attached hydrogens (tertiary/aromatic N) is 20. The van der Waals surface area contributed by atoms with E-state index in [2.05, 4.69) is 533 Å². The first kappa shape index (κ1) is 109. The molecule has 5 aliphatic heterocycles. The molecule has 0 saturated carbocycles. The Hall–Kier alpha value is -15.1. The van der Waals surface area contributed by atoms with Gasteiger partial charge < -0.3 is 47.3 Å². The molecule has 0 radical (unpaired) electrons. The second-order valence-electron chi connectivity index (χ2n) is 39.8. The summed E-state index contributed by atoms with van der Waals surface area (Å²) in [6, 6.07) is 103. The molecule has 0 spiro atoms. The average Bonchev–Trinajstić information content (AvgIpc) is 1.63. The summed E-state index contributed by atoms with van der Waals surface area (Å²) in [6.45, 7) is 42.9. The number of hydrogen-bond donors (Lipinski definition) is 0. The Morgan fingerprint density at radius 2 is 0.451 bits per heavy atom. The van der Waals surface area contributed by atoms with Crippen molar-refractivity contribution in [2.24, 2.45) is 63.8 Å². The van der Waals surface area contributed by atoms with Crippen LogP contribution >= 0.6 is 0 Å². The topological polar surface area (TPSA) is 121 Å². The third-order valence-corrected chi connectivity index (χ3v) is 26.8.